The third kappa shape index (κ3) is 3.83. The van der Waals surface area contributed by atoms with E-state index in [1.165, 1.54) is 0 Å². The smallest absolute Gasteiger partial charge is 0.244 e. The molecule has 0 saturated carbocycles. The van der Waals surface area contributed by atoms with Gasteiger partial charge < -0.3 is 5.32 Å². The van der Waals surface area contributed by atoms with Crippen LogP contribution >= 0.6 is 31.9 Å². The highest BCUT2D eigenvalue weighted by Crippen LogP contribution is 2.35. The first-order chi connectivity index (χ1) is 9.50. The van der Waals surface area contributed by atoms with Crippen LogP contribution in [0, 0.1) is 16.7 Å². The van der Waals surface area contributed by atoms with Crippen molar-refractivity contribution in [2.45, 2.75) is 39.5 Å². The first-order valence-electron chi connectivity index (χ1n) is 6.67. The van der Waals surface area contributed by atoms with Crippen molar-refractivity contribution in [3.05, 3.63) is 27.1 Å². The fourth-order valence-electron chi connectivity index (χ4n) is 2.22. The standard InChI is InChI=1S/C15H18Br2N2O/c1-3-8-15(10-18,9-4-2)14(20)19-13-11(16)6-5-7-12(13)17/h5-7H,3-4,8-9H2,1-2H3,(H,19,20). The van der Waals surface area contributed by atoms with E-state index in [2.05, 4.69) is 43.2 Å². The van der Waals surface area contributed by atoms with Gasteiger partial charge in [-0.15, -0.1) is 0 Å². The van der Waals surface area contributed by atoms with Gasteiger partial charge in [0.25, 0.3) is 0 Å². The quantitative estimate of drug-likeness (QED) is 0.706. The summed E-state index contributed by atoms with van der Waals surface area (Å²) in [5.74, 6) is -0.226. The average molecular weight is 402 g/mol. The third-order valence-corrected chi connectivity index (χ3v) is 4.53. The molecule has 1 aromatic rings. The van der Waals surface area contributed by atoms with Crippen LogP contribution in [-0.4, -0.2) is 5.91 Å². The normalized spacial score (nSPS) is 10.9. The number of carbonyl (C=O) groups excluding carboxylic acids is 1. The van der Waals surface area contributed by atoms with E-state index in [1.807, 2.05) is 32.0 Å². The predicted octanol–water partition coefficient (Wildman–Crippen LogP) is 5.26. The number of nitrogens with zero attached hydrogens (tertiary/aromatic N) is 1. The van der Waals surface area contributed by atoms with Crippen LogP contribution in [0.25, 0.3) is 0 Å². The Hall–Kier alpha value is -0.860. The van der Waals surface area contributed by atoms with Gasteiger partial charge >= 0.3 is 0 Å². The minimum atomic E-state index is -0.946. The molecule has 1 rings (SSSR count). The molecule has 0 unspecified atom stereocenters. The van der Waals surface area contributed by atoms with Crippen molar-refractivity contribution in [1.82, 2.24) is 0 Å². The Morgan fingerprint density at radius 1 is 1.25 bits per heavy atom. The largest absolute Gasteiger partial charge is 0.323 e. The minimum Gasteiger partial charge on any atom is -0.323 e. The molecule has 0 aliphatic heterocycles. The van der Waals surface area contributed by atoms with E-state index in [1.54, 1.807) is 0 Å². The Balaban J connectivity index is 3.06. The number of halogens is 2. The van der Waals surface area contributed by atoms with E-state index in [0.717, 1.165) is 21.8 Å². The molecule has 0 fully saturated rings. The van der Waals surface area contributed by atoms with Gasteiger partial charge in [0.05, 0.1) is 11.8 Å². The SMILES string of the molecule is CCCC(C#N)(CCC)C(=O)Nc1c(Br)cccc1Br. The van der Waals surface area contributed by atoms with Crippen LogP contribution in [0.4, 0.5) is 5.69 Å². The number of benzene rings is 1. The molecule has 0 aromatic heterocycles. The molecule has 0 aliphatic rings. The van der Waals surface area contributed by atoms with Crippen molar-refractivity contribution in [1.29, 1.82) is 5.26 Å². The van der Waals surface area contributed by atoms with Crippen LogP contribution in [0.2, 0.25) is 0 Å². The lowest BCUT2D eigenvalue weighted by atomic mass is 9.79. The molecule has 0 saturated heterocycles. The molecule has 20 heavy (non-hydrogen) atoms. The zero-order chi connectivity index (χ0) is 15.2. The monoisotopic (exact) mass is 400 g/mol. The maximum Gasteiger partial charge on any atom is 0.244 e. The van der Waals surface area contributed by atoms with Crippen molar-refractivity contribution in [3.8, 4) is 6.07 Å². The molecule has 0 aliphatic carbocycles. The number of hydrogen-bond acceptors (Lipinski definition) is 2. The molecule has 5 heteroatoms. The molecule has 108 valence electrons. The second kappa shape index (κ2) is 7.80. The Morgan fingerprint density at radius 2 is 1.75 bits per heavy atom. The molecule has 0 radical (unpaired) electrons. The lowest BCUT2D eigenvalue weighted by Crippen LogP contribution is -2.35. The molecule has 0 bridgehead atoms. The van der Waals surface area contributed by atoms with Gasteiger partial charge in [-0.05, 0) is 56.8 Å². The molecular formula is C15H18Br2N2O. The Bertz CT molecular complexity index is 497. The summed E-state index contributed by atoms with van der Waals surface area (Å²) in [6.07, 6.45) is 2.76. The number of hydrogen-bond donors (Lipinski definition) is 1. The van der Waals surface area contributed by atoms with Gasteiger partial charge in [0.15, 0.2) is 0 Å². The average Bonchev–Trinajstić information content (AvgIpc) is 2.42. The first kappa shape index (κ1) is 17.2. The van der Waals surface area contributed by atoms with Gasteiger partial charge in [0.1, 0.15) is 5.41 Å². The number of anilines is 1. The van der Waals surface area contributed by atoms with Gasteiger partial charge in [0.2, 0.25) is 5.91 Å². The molecule has 0 heterocycles. The fourth-order valence-corrected chi connectivity index (χ4v) is 3.42. The number of nitrogens with one attached hydrogen (secondary N) is 1. The van der Waals surface area contributed by atoms with E-state index < -0.39 is 5.41 Å². The number of para-hydroxylation sites is 1. The molecule has 0 atom stereocenters. The highest BCUT2D eigenvalue weighted by molar-refractivity contribution is 9.11. The van der Waals surface area contributed by atoms with Crippen molar-refractivity contribution >= 4 is 43.5 Å². The lowest BCUT2D eigenvalue weighted by molar-refractivity contribution is -0.123. The van der Waals surface area contributed by atoms with Crippen LogP contribution in [0.1, 0.15) is 39.5 Å². The number of rotatable bonds is 6. The van der Waals surface area contributed by atoms with Crippen LogP contribution < -0.4 is 5.32 Å². The Kier molecular flexibility index (Phi) is 6.70. The van der Waals surface area contributed by atoms with Gasteiger partial charge in [-0.3, -0.25) is 4.79 Å². The van der Waals surface area contributed by atoms with Crippen molar-refractivity contribution in [3.63, 3.8) is 0 Å². The summed E-state index contributed by atoms with van der Waals surface area (Å²) in [7, 11) is 0. The van der Waals surface area contributed by atoms with Crippen LogP contribution in [-0.2, 0) is 4.79 Å². The summed E-state index contributed by atoms with van der Waals surface area (Å²) in [6.45, 7) is 3.98. The van der Waals surface area contributed by atoms with Crippen LogP contribution in [0.15, 0.2) is 27.1 Å². The molecule has 1 N–H and O–H groups in total. The Labute approximate surface area is 137 Å². The summed E-state index contributed by atoms with van der Waals surface area (Å²) in [4.78, 5) is 12.6. The summed E-state index contributed by atoms with van der Waals surface area (Å²) in [6, 6.07) is 7.82. The lowest BCUT2D eigenvalue weighted by Gasteiger charge is -2.25. The fraction of sp³-hybridized carbons (Fsp3) is 0.467. The van der Waals surface area contributed by atoms with Gasteiger partial charge in [-0.25, -0.2) is 0 Å². The summed E-state index contributed by atoms with van der Waals surface area (Å²) >= 11 is 6.83. The zero-order valence-electron chi connectivity index (χ0n) is 11.7. The molecule has 1 amide bonds. The second-order valence-electron chi connectivity index (χ2n) is 4.74. The van der Waals surface area contributed by atoms with Crippen LogP contribution in [0.3, 0.4) is 0 Å². The van der Waals surface area contributed by atoms with E-state index in [0.29, 0.717) is 18.5 Å². The zero-order valence-corrected chi connectivity index (χ0v) is 14.8. The first-order valence-corrected chi connectivity index (χ1v) is 8.26. The van der Waals surface area contributed by atoms with E-state index in [9.17, 15) is 10.1 Å². The maximum absolute atomic E-state index is 12.6. The predicted molar refractivity (Wildman–Crippen MR) is 88.3 cm³/mol. The highest BCUT2D eigenvalue weighted by atomic mass is 79.9. The van der Waals surface area contributed by atoms with Crippen molar-refractivity contribution in [2.24, 2.45) is 5.41 Å². The topological polar surface area (TPSA) is 52.9 Å². The van der Waals surface area contributed by atoms with Gasteiger partial charge in [-0.1, -0.05) is 32.8 Å². The van der Waals surface area contributed by atoms with E-state index in [4.69, 9.17) is 0 Å². The number of nitriles is 1. The van der Waals surface area contributed by atoms with E-state index in [-0.39, 0.29) is 5.91 Å². The molecular weight excluding hydrogens is 384 g/mol. The van der Waals surface area contributed by atoms with E-state index >= 15 is 0 Å². The Morgan fingerprint density at radius 3 is 2.15 bits per heavy atom. The maximum atomic E-state index is 12.6. The summed E-state index contributed by atoms with van der Waals surface area (Å²) < 4.78 is 1.58. The summed E-state index contributed by atoms with van der Waals surface area (Å²) in [5, 5.41) is 12.4. The highest BCUT2D eigenvalue weighted by Gasteiger charge is 2.37. The van der Waals surface area contributed by atoms with Crippen molar-refractivity contribution in [2.75, 3.05) is 5.32 Å². The molecule has 0 spiro atoms. The third-order valence-electron chi connectivity index (χ3n) is 3.20. The molecule has 1 aromatic carbocycles. The number of amides is 1. The van der Waals surface area contributed by atoms with Gasteiger partial charge in [0, 0.05) is 8.95 Å². The summed E-state index contributed by atoms with van der Waals surface area (Å²) in [5.41, 5.74) is -0.276. The van der Waals surface area contributed by atoms with Crippen LogP contribution in [0.5, 0.6) is 0 Å². The molecule has 3 nitrogen and oxygen atoms in total. The second-order valence-corrected chi connectivity index (χ2v) is 6.45. The minimum absolute atomic E-state index is 0.226. The van der Waals surface area contributed by atoms with Crippen molar-refractivity contribution < 1.29 is 4.79 Å². The number of carbonyl (C=O) groups is 1. The van der Waals surface area contributed by atoms with Gasteiger partial charge in [-0.2, -0.15) is 5.26 Å².